The van der Waals surface area contributed by atoms with Gasteiger partial charge in [0.25, 0.3) is 0 Å². The zero-order chi connectivity index (χ0) is 32.5. The molecule has 0 radical (unpaired) electrons. The number of amides is 4. The quantitative estimate of drug-likeness (QED) is 0.336. The van der Waals surface area contributed by atoms with Crippen molar-refractivity contribution in [3.63, 3.8) is 0 Å². The van der Waals surface area contributed by atoms with Gasteiger partial charge in [0.15, 0.2) is 0 Å². The SMILES string of the molecule is CC(C)(C)OCC(=O)N[C@H](Cc1ccccc1)C(=O)N1CCC[C@H]1C(=O)NCc1cc(Cl)ccc1CNC(=O)OC(C)(C)C. The molecule has 2 atom stereocenters. The fraction of sp³-hybridized carbons (Fsp3) is 0.515. The van der Waals surface area contributed by atoms with E-state index in [0.717, 1.165) is 16.7 Å². The highest BCUT2D eigenvalue weighted by Gasteiger charge is 2.37. The van der Waals surface area contributed by atoms with Crippen LogP contribution >= 0.6 is 11.6 Å². The Balaban J connectivity index is 1.69. The van der Waals surface area contributed by atoms with Crippen LogP contribution in [-0.2, 0) is 43.4 Å². The molecule has 0 aliphatic carbocycles. The molecule has 0 aromatic heterocycles. The Bertz CT molecular complexity index is 1310. The Morgan fingerprint density at radius 2 is 1.61 bits per heavy atom. The highest BCUT2D eigenvalue weighted by Crippen LogP contribution is 2.21. The predicted octanol–water partition coefficient (Wildman–Crippen LogP) is 4.51. The number of benzene rings is 2. The first-order chi connectivity index (χ1) is 20.6. The molecule has 2 aromatic rings. The third kappa shape index (κ3) is 11.5. The Labute approximate surface area is 265 Å². The molecule has 10 nitrogen and oxygen atoms in total. The van der Waals surface area contributed by atoms with Gasteiger partial charge in [-0.3, -0.25) is 14.4 Å². The van der Waals surface area contributed by atoms with Crippen LogP contribution in [0.15, 0.2) is 48.5 Å². The molecular weight excluding hydrogens is 584 g/mol. The lowest BCUT2D eigenvalue weighted by Gasteiger charge is -2.29. The normalized spacial score (nSPS) is 15.8. The molecule has 44 heavy (non-hydrogen) atoms. The van der Waals surface area contributed by atoms with E-state index >= 15 is 0 Å². The highest BCUT2D eigenvalue weighted by atomic mass is 35.5. The maximum absolute atomic E-state index is 13.8. The van der Waals surface area contributed by atoms with Crippen LogP contribution in [0.5, 0.6) is 0 Å². The summed E-state index contributed by atoms with van der Waals surface area (Å²) in [5.74, 6) is -1.02. The van der Waals surface area contributed by atoms with Crippen LogP contribution in [0.25, 0.3) is 0 Å². The van der Waals surface area contributed by atoms with Gasteiger partial charge in [-0.1, -0.05) is 48.0 Å². The van der Waals surface area contributed by atoms with Crippen molar-refractivity contribution < 1.29 is 28.7 Å². The van der Waals surface area contributed by atoms with Gasteiger partial charge in [-0.05, 0) is 83.2 Å². The largest absolute Gasteiger partial charge is 0.444 e. The van der Waals surface area contributed by atoms with Gasteiger partial charge >= 0.3 is 6.09 Å². The summed E-state index contributed by atoms with van der Waals surface area (Å²) >= 11 is 6.24. The number of carbonyl (C=O) groups excluding carboxylic acids is 4. The predicted molar refractivity (Wildman–Crippen MR) is 169 cm³/mol. The van der Waals surface area contributed by atoms with Crippen molar-refractivity contribution in [1.29, 1.82) is 0 Å². The van der Waals surface area contributed by atoms with E-state index in [1.165, 1.54) is 0 Å². The van der Waals surface area contributed by atoms with Crippen molar-refractivity contribution in [2.75, 3.05) is 13.2 Å². The molecule has 1 heterocycles. The molecule has 1 aliphatic heterocycles. The second-order valence-corrected chi connectivity index (χ2v) is 13.3. The van der Waals surface area contributed by atoms with E-state index in [1.54, 1.807) is 43.9 Å². The molecule has 240 valence electrons. The number of rotatable bonds is 11. The van der Waals surface area contributed by atoms with Gasteiger partial charge in [-0.2, -0.15) is 0 Å². The van der Waals surface area contributed by atoms with E-state index in [9.17, 15) is 19.2 Å². The van der Waals surface area contributed by atoms with E-state index in [2.05, 4.69) is 16.0 Å². The van der Waals surface area contributed by atoms with Crippen LogP contribution in [0.3, 0.4) is 0 Å². The van der Waals surface area contributed by atoms with Crippen molar-refractivity contribution in [2.45, 2.75) is 97.2 Å². The number of ether oxygens (including phenoxy) is 2. The highest BCUT2D eigenvalue weighted by molar-refractivity contribution is 6.30. The molecule has 4 amide bonds. The van der Waals surface area contributed by atoms with E-state index in [4.69, 9.17) is 21.1 Å². The Hall–Kier alpha value is -3.63. The van der Waals surface area contributed by atoms with Gasteiger partial charge in [0.05, 0.1) is 5.60 Å². The van der Waals surface area contributed by atoms with Crippen molar-refractivity contribution in [1.82, 2.24) is 20.9 Å². The minimum absolute atomic E-state index is 0.150. The zero-order valence-electron chi connectivity index (χ0n) is 26.5. The Morgan fingerprint density at radius 3 is 2.27 bits per heavy atom. The molecular formula is C33H45ClN4O6. The summed E-state index contributed by atoms with van der Waals surface area (Å²) < 4.78 is 10.9. The Kier molecular flexibility index (Phi) is 12.2. The molecule has 1 aliphatic rings. The van der Waals surface area contributed by atoms with Gasteiger partial charge in [0.2, 0.25) is 17.7 Å². The fourth-order valence-electron chi connectivity index (χ4n) is 4.78. The van der Waals surface area contributed by atoms with Crippen LogP contribution in [0.2, 0.25) is 5.02 Å². The molecule has 2 aromatic carbocycles. The van der Waals surface area contributed by atoms with Crippen LogP contribution in [0.4, 0.5) is 4.79 Å². The first kappa shape index (κ1) is 34.9. The molecule has 3 N–H and O–H groups in total. The number of carbonyl (C=O) groups is 4. The van der Waals surface area contributed by atoms with Crippen molar-refractivity contribution >= 4 is 35.4 Å². The first-order valence-electron chi connectivity index (χ1n) is 14.9. The molecule has 0 saturated carbocycles. The summed E-state index contributed by atoms with van der Waals surface area (Å²) in [6.45, 7) is 11.5. The van der Waals surface area contributed by atoms with Crippen LogP contribution in [0.1, 0.15) is 71.1 Å². The van der Waals surface area contributed by atoms with E-state index in [0.29, 0.717) is 24.4 Å². The summed E-state index contributed by atoms with van der Waals surface area (Å²) in [5.41, 5.74) is 1.24. The number of alkyl carbamates (subject to hydrolysis) is 1. The molecule has 0 unspecified atom stereocenters. The average molecular weight is 629 g/mol. The maximum atomic E-state index is 13.8. The number of nitrogens with zero attached hydrogens (tertiary/aromatic N) is 1. The van der Waals surface area contributed by atoms with E-state index in [-0.39, 0.29) is 37.9 Å². The molecule has 0 spiro atoms. The van der Waals surface area contributed by atoms with Gasteiger partial charge in [-0.15, -0.1) is 0 Å². The lowest BCUT2D eigenvalue weighted by molar-refractivity contribution is -0.142. The monoisotopic (exact) mass is 628 g/mol. The van der Waals surface area contributed by atoms with Crippen molar-refractivity contribution in [3.05, 3.63) is 70.2 Å². The molecule has 3 rings (SSSR count). The van der Waals surface area contributed by atoms with Crippen LogP contribution in [-0.4, -0.2) is 65.2 Å². The topological polar surface area (TPSA) is 126 Å². The van der Waals surface area contributed by atoms with Gasteiger partial charge in [0, 0.05) is 31.1 Å². The van der Waals surface area contributed by atoms with Gasteiger partial charge in [0.1, 0.15) is 24.3 Å². The van der Waals surface area contributed by atoms with E-state index < -0.39 is 35.3 Å². The number of halogens is 1. The lowest BCUT2D eigenvalue weighted by Crippen LogP contribution is -2.54. The number of hydrogen-bond donors (Lipinski definition) is 3. The van der Waals surface area contributed by atoms with E-state index in [1.807, 2.05) is 51.1 Å². The van der Waals surface area contributed by atoms with Crippen LogP contribution < -0.4 is 16.0 Å². The summed E-state index contributed by atoms with van der Waals surface area (Å²) in [7, 11) is 0. The van der Waals surface area contributed by atoms with Crippen LogP contribution in [0, 0.1) is 0 Å². The minimum atomic E-state index is -0.861. The smallest absolute Gasteiger partial charge is 0.407 e. The third-order valence-corrected chi connectivity index (χ3v) is 7.07. The Morgan fingerprint density at radius 1 is 0.932 bits per heavy atom. The molecule has 1 fully saturated rings. The number of likely N-dealkylation sites (tertiary alicyclic amines) is 1. The standard InChI is InChI=1S/C33H45ClN4O6/c1-32(2,3)43-21-28(39)37-26(17-22-11-8-7-9-12-22)30(41)38-16-10-13-27(38)29(40)35-20-24-18-25(34)15-14-23(24)19-36-31(42)44-33(4,5)6/h7-9,11-12,14-15,18,26-27H,10,13,16-17,19-21H2,1-6H3,(H,35,40)(H,36,42)(H,37,39)/t26-,27+/m1/s1. The van der Waals surface area contributed by atoms with Gasteiger partial charge in [-0.25, -0.2) is 4.79 Å². The zero-order valence-corrected chi connectivity index (χ0v) is 27.3. The van der Waals surface area contributed by atoms with Gasteiger partial charge < -0.3 is 30.3 Å². The maximum Gasteiger partial charge on any atom is 0.407 e. The summed E-state index contributed by atoms with van der Waals surface area (Å²) in [6.07, 6.45) is 0.886. The molecule has 11 heteroatoms. The fourth-order valence-corrected chi connectivity index (χ4v) is 4.98. The summed E-state index contributed by atoms with van der Waals surface area (Å²) in [6, 6.07) is 13.1. The second-order valence-electron chi connectivity index (χ2n) is 12.9. The minimum Gasteiger partial charge on any atom is -0.444 e. The van der Waals surface area contributed by atoms with Crippen molar-refractivity contribution in [2.24, 2.45) is 0 Å². The first-order valence-corrected chi connectivity index (χ1v) is 15.3. The average Bonchev–Trinajstić information content (AvgIpc) is 3.43. The number of hydrogen-bond acceptors (Lipinski definition) is 6. The summed E-state index contributed by atoms with van der Waals surface area (Å²) in [4.78, 5) is 53.8. The second kappa shape index (κ2) is 15.4. The third-order valence-electron chi connectivity index (χ3n) is 6.83. The summed E-state index contributed by atoms with van der Waals surface area (Å²) in [5, 5.41) is 9.00. The molecule has 1 saturated heterocycles. The molecule has 0 bridgehead atoms. The number of nitrogens with one attached hydrogen (secondary N) is 3. The van der Waals surface area contributed by atoms with Crippen molar-refractivity contribution in [3.8, 4) is 0 Å². The lowest BCUT2D eigenvalue weighted by atomic mass is 10.0.